The Bertz CT molecular complexity index is 495. The zero-order chi connectivity index (χ0) is 15.4. The first-order chi connectivity index (χ1) is 10.1. The van der Waals surface area contributed by atoms with Crippen LogP contribution in [0.1, 0.15) is 31.9 Å². The summed E-state index contributed by atoms with van der Waals surface area (Å²) < 4.78 is 6.37. The molecule has 0 spiro atoms. The topological polar surface area (TPSA) is 55.6 Å². The lowest BCUT2D eigenvalue weighted by atomic mass is 9.99. The van der Waals surface area contributed by atoms with Crippen LogP contribution < -0.4 is 5.73 Å². The lowest BCUT2D eigenvalue weighted by Crippen LogP contribution is -2.45. The van der Waals surface area contributed by atoms with Crippen molar-refractivity contribution in [3.8, 4) is 0 Å². The molecule has 4 nitrogen and oxygen atoms in total. The second kappa shape index (κ2) is 7.38. The quantitative estimate of drug-likeness (QED) is 0.884. The monoisotopic (exact) mass is 354 g/mol. The lowest BCUT2D eigenvalue weighted by Gasteiger charge is -2.32. The van der Waals surface area contributed by atoms with Gasteiger partial charge >= 0.3 is 0 Å². The van der Waals surface area contributed by atoms with Crippen molar-refractivity contribution in [1.29, 1.82) is 0 Å². The van der Waals surface area contributed by atoms with Crippen LogP contribution in [0.15, 0.2) is 28.7 Å². The number of hydrogen-bond acceptors (Lipinski definition) is 3. The summed E-state index contributed by atoms with van der Waals surface area (Å²) in [6.07, 6.45) is 0.920. The summed E-state index contributed by atoms with van der Waals surface area (Å²) in [4.78, 5) is 14.8. The normalized spacial score (nSPS) is 23.0. The highest BCUT2D eigenvalue weighted by Crippen LogP contribution is 2.29. The molecule has 1 aromatic rings. The molecule has 1 fully saturated rings. The molecular weight excluding hydrogens is 332 g/mol. The minimum absolute atomic E-state index is 0.0147. The van der Waals surface area contributed by atoms with Gasteiger partial charge in [-0.05, 0) is 25.0 Å². The highest BCUT2D eigenvalue weighted by atomic mass is 79.9. The van der Waals surface area contributed by atoms with E-state index < -0.39 is 0 Å². The first-order valence-corrected chi connectivity index (χ1v) is 8.23. The van der Waals surface area contributed by atoms with Crippen molar-refractivity contribution in [3.05, 3.63) is 34.3 Å². The van der Waals surface area contributed by atoms with Gasteiger partial charge in [0.1, 0.15) is 0 Å². The first kappa shape index (κ1) is 16.5. The van der Waals surface area contributed by atoms with Gasteiger partial charge in [-0.15, -0.1) is 0 Å². The Labute approximate surface area is 134 Å². The Balaban J connectivity index is 2.22. The van der Waals surface area contributed by atoms with Crippen molar-refractivity contribution in [2.75, 3.05) is 19.8 Å². The second-order valence-corrected chi connectivity index (χ2v) is 6.39. The van der Waals surface area contributed by atoms with Crippen molar-refractivity contribution in [2.24, 2.45) is 11.7 Å². The maximum absolute atomic E-state index is 12.8. The summed E-state index contributed by atoms with van der Waals surface area (Å²) in [5.74, 6) is -0.119. The molecular formula is C16H23BrN2O2. The predicted octanol–water partition coefficient (Wildman–Crippen LogP) is 2.72. The van der Waals surface area contributed by atoms with E-state index in [0.29, 0.717) is 13.2 Å². The van der Waals surface area contributed by atoms with Gasteiger partial charge in [0, 0.05) is 17.1 Å². The Hall–Kier alpha value is -0.910. The largest absolute Gasteiger partial charge is 0.379 e. The molecule has 1 saturated heterocycles. The number of benzene rings is 1. The second-order valence-electron chi connectivity index (χ2n) is 5.54. The summed E-state index contributed by atoms with van der Waals surface area (Å²) >= 11 is 3.57. The Morgan fingerprint density at radius 1 is 1.48 bits per heavy atom. The Morgan fingerprint density at radius 3 is 2.76 bits per heavy atom. The summed E-state index contributed by atoms with van der Waals surface area (Å²) in [7, 11) is 0. The van der Waals surface area contributed by atoms with Crippen molar-refractivity contribution < 1.29 is 9.53 Å². The van der Waals surface area contributed by atoms with Crippen molar-refractivity contribution >= 4 is 21.8 Å². The van der Waals surface area contributed by atoms with E-state index in [0.717, 1.165) is 23.0 Å². The zero-order valence-electron chi connectivity index (χ0n) is 12.6. The molecule has 0 bridgehead atoms. The Kier molecular flexibility index (Phi) is 5.79. The van der Waals surface area contributed by atoms with Gasteiger partial charge in [-0.2, -0.15) is 0 Å². The minimum Gasteiger partial charge on any atom is -0.379 e. The van der Waals surface area contributed by atoms with E-state index >= 15 is 0 Å². The molecule has 0 radical (unpaired) electrons. The highest BCUT2D eigenvalue weighted by Gasteiger charge is 2.36. The summed E-state index contributed by atoms with van der Waals surface area (Å²) in [5, 5.41) is 0. The summed E-state index contributed by atoms with van der Waals surface area (Å²) in [6, 6.07) is 7.85. The molecule has 21 heavy (non-hydrogen) atoms. The first-order valence-electron chi connectivity index (χ1n) is 7.44. The fourth-order valence-corrected chi connectivity index (χ4v) is 3.37. The number of rotatable bonds is 5. The van der Waals surface area contributed by atoms with Crippen LogP contribution in [0.25, 0.3) is 0 Å². The third-order valence-corrected chi connectivity index (χ3v) is 4.73. The van der Waals surface area contributed by atoms with Gasteiger partial charge in [0.25, 0.3) is 0 Å². The number of carbonyl (C=O) groups excluding carboxylic acids is 1. The number of amides is 1. The van der Waals surface area contributed by atoms with Crippen LogP contribution in [-0.4, -0.2) is 36.6 Å². The molecule has 0 aromatic heterocycles. The third-order valence-electron chi connectivity index (χ3n) is 4.01. The van der Waals surface area contributed by atoms with Crippen LogP contribution in [0.4, 0.5) is 0 Å². The van der Waals surface area contributed by atoms with Crippen LogP contribution in [0.3, 0.4) is 0 Å². The average Bonchev–Trinajstić information content (AvgIpc) is 2.90. The summed E-state index contributed by atoms with van der Waals surface area (Å²) in [6.45, 7) is 5.78. The molecule has 3 atom stereocenters. The van der Waals surface area contributed by atoms with Gasteiger partial charge in [0.2, 0.25) is 5.91 Å². The van der Waals surface area contributed by atoms with Gasteiger partial charge < -0.3 is 15.4 Å². The smallest absolute Gasteiger partial charge is 0.230 e. The highest BCUT2D eigenvalue weighted by molar-refractivity contribution is 9.10. The molecule has 1 heterocycles. The lowest BCUT2D eigenvalue weighted by molar-refractivity contribution is -0.138. The molecule has 1 aliphatic rings. The fraction of sp³-hybridized carbons (Fsp3) is 0.562. The maximum atomic E-state index is 12.8. The van der Waals surface area contributed by atoms with Gasteiger partial charge in [-0.25, -0.2) is 0 Å². The maximum Gasteiger partial charge on any atom is 0.230 e. The van der Waals surface area contributed by atoms with Gasteiger partial charge in [-0.1, -0.05) is 41.1 Å². The number of nitrogens with two attached hydrogens (primary N) is 1. The minimum atomic E-state index is -0.221. The van der Waals surface area contributed by atoms with E-state index in [2.05, 4.69) is 35.8 Å². The van der Waals surface area contributed by atoms with E-state index in [9.17, 15) is 4.79 Å². The SMILES string of the molecule is CCCN(C(=O)C1COCC1N)C(C)c1ccccc1Br. The molecule has 0 aliphatic carbocycles. The average molecular weight is 355 g/mol. The predicted molar refractivity (Wildman–Crippen MR) is 86.8 cm³/mol. The number of nitrogens with zero attached hydrogens (tertiary/aromatic N) is 1. The van der Waals surface area contributed by atoms with E-state index in [-0.39, 0.29) is 23.9 Å². The molecule has 2 N–H and O–H groups in total. The van der Waals surface area contributed by atoms with Crippen LogP contribution in [0.5, 0.6) is 0 Å². The molecule has 5 heteroatoms. The molecule has 2 rings (SSSR count). The van der Waals surface area contributed by atoms with Crippen molar-refractivity contribution in [1.82, 2.24) is 4.90 Å². The molecule has 1 aliphatic heterocycles. The van der Waals surface area contributed by atoms with E-state index in [1.807, 2.05) is 23.1 Å². The van der Waals surface area contributed by atoms with E-state index in [1.165, 1.54) is 0 Å². The fourth-order valence-electron chi connectivity index (χ4n) is 2.76. The molecule has 3 unspecified atom stereocenters. The number of ether oxygens (including phenoxy) is 1. The van der Waals surface area contributed by atoms with Crippen LogP contribution >= 0.6 is 15.9 Å². The molecule has 0 saturated carbocycles. The Morgan fingerprint density at radius 2 is 2.19 bits per heavy atom. The van der Waals surface area contributed by atoms with Crippen LogP contribution in [0.2, 0.25) is 0 Å². The van der Waals surface area contributed by atoms with E-state index in [1.54, 1.807) is 0 Å². The standard InChI is InChI=1S/C16H23BrN2O2/c1-3-8-19(16(20)13-9-21-10-15(13)18)11(2)12-6-4-5-7-14(12)17/h4-7,11,13,15H,3,8-10,18H2,1-2H3. The third kappa shape index (κ3) is 3.65. The van der Waals surface area contributed by atoms with Crippen LogP contribution in [0, 0.1) is 5.92 Å². The number of halogens is 1. The summed E-state index contributed by atoms with van der Waals surface area (Å²) in [5.41, 5.74) is 7.12. The molecule has 1 amide bonds. The zero-order valence-corrected chi connectivity index (χ0v) is 14.2. The van der Waals surface area contributed by atoms with Crippen molar-refractivity contribution in [2.45, 2.75) is 32.4 Å². The van der Waals surface area contributed by atoms with Crippen molar-refractivity contribution in [3.63, 3.8) is 0 Å². The molecule has 1 aromatic carbocycles. The van der Waals surface area contributed by atoms with E-state index in [4.69, 9.17) is 10.5 Å². The molecule has 116 valence electrons. The van der Waals surface area contributed by atoms with Crippen LogP contribution in [-0.2, 0) is 9.53 Å². The van der Waals surface area contributed by atoms with Gasteiger partial charge in [0.05, 0.1) is 25.2 Å². The number of hydrogen-bond donors (Lipinski definition) is 1. The van der Waals surface area contributed by atoms with Gasteiger partial charge in [0.15, 0.2) is 0 Å². The number of carbonyl (C=O) groups is 1. The van der Waals surface area contributed by atoms with Gasteiger partial charge in [-0.3, -0.25) is 4.79 Å².